The number of amides is 1. The molecule has 0 aromatic carbocycles. The van der Waals surface area contributed by atoms with Crippen molar-refractivity contribution in [1.82, 2.24) is 5.32 Å². The zero-order valence-corrected chi connectivity index (χ0v) is 8.27. The molecule has 0 aliphatic rings. The molecule has 0 rings (SSSR count). The molecule has 0 aromatic rings. The van der Waals surface area contributed by atoms with E-state index in [1.165, 1.54) is 6.92 Å². The van der Waals surface area contributed by atoms with E-state index in [1.807, 2.05) is 27.7 Å². The molecule has 2 N–H and O–H groups in total. The lowest BCUT2D eigenvalue weighted by molar-refractivity contribution is -0.119. The highest BCUT2D eigenvalue weighted by Gasteiger charge is 1.83. The Morgan fingerprint density at radius 3 is 1.73 bits per heavy atom. The fourth-order valence-electron chi connectivity index (χ4n) is 0.232. The number of aliphatic hydroxyl groups is 1. The average Bonchev–Trinajstić information content (AvgIpc) is 2.08. The van der Waals surface area contributed by atoms with Gasteiger partial charge in [-0.25, -0.2) is 0 Å². The Morgan fingerprint density at radius 1 is 1.27 bits per heavy atom. The van der Waals surface area contributed by atoms with E-state index in [-0.39, 0.29) is 12.5 Å². The second-order valence-corrected chi connectivity index (χ2v) is 1.21. The molecule has 70 valence electrons. The largest absolute Gasteiger partial charge is 0.395 e. The first kappa shape index (κ1) is 16.8. The van der Waals surface area contributed by atoms with Crippen LogP contribution >= 0.6 is 0 Å². The van der Waals surface area contributed by atoms with Crippen molar-refractivity contribution in [3.63, 3.8) is 0 Å². The maximum atomic E-state index is 9.98. The van der Waals surface area contributed by atoms with Crippen molar-refractivity contribution in [3.05, 3.63) is 0 Å². The van der Waals surface area contributed by atoms with Crippen LogP contribution in [0.2, 0.25) is 0 Å². The third kappa shape index (κ3) is 44.2. The molecule has 1 amide bonds. The molecule has 3 heteroatoms. The fraction of sp³-hybridized carbons (Fsp3) is 0.875. The van der Waals surface area contributed by atoms with Crippen molar-refractivity contribution in [1.29, 1.82) is 0 Å². The van der Waals surface area contributed by atoms with Crippen LogP contribution in [0.5, 0.6) is 0 Å². The lowest BCUT2D eigenvalue weighted by Gasteiger charge is -1.93. The molecule has 0 bridgehead atoms. The van der Waals surface area contributed by atoms with Gasteiger partial charge in [0.15, 0.2) is 0 Å². The van der Waals surface area contributed by atoms with Crippen molar-refractivity contribution >= 4 is 5.91 Å². The van der Waals surface area contributed by atoms with Crippen LogP contribution < -0.4 is 5.32 Å². The first-order valence-electron chi connectivity index (χ1n) is 4.12. The second-order valence-electron chi connectivity index (χ2n) is 1.21. The molecule has 0 aliphatic heterocycles. The molecule has 0 spiro atoms. The Balaban J connectivity index is -0.000000138. The fourth-order valence-corrected chi connectivity index (χ4v) is 0.232. The highest BCUT2D eigenvalue weighted by molar-refractivity contribution is 5.72. The van der Waals surface area contributed by atoms with Crippen LogP contribution in [0.15, 0.2) is 0 Å². The highest BCUT2D eigenvalue weighted by atomic mass is 16.3. The van der Waals surface area contributed by atoms with E-state index in [0.717, 1.165) is 0 Å². The number of carbonyl (C=O) groups excluding carboxylic acids is 1. The first-order chi connectivity index (χ1) is 5.27. The SMILES string of the molecule is CC.CC.CC(=O)NCCO. The summed E-state index contributed by atoms with van der Waals surface area (Å²) in [6, 6.07) is 0. The Hall–Kier alpha value is -0.570. The molecule has 0 fully saturated rings. The van der Waals surface area contributed by atoms with Crippen LogP contribution in [0.1, 0.15) is 34.6 Å². The topological polar surface area (TPSA) is 49.3 Å². The predicted octanol–water partition coefficient (Wildman–Crippen LogP) is 1.17. The Bertz CT molecular complexity index is 65.1. The van der Waals surface area contributed by atoms with E-state index >= 15 is 0 Å². The summed E-state index contributed by atoms with van der Waals surface area (Å²) in [5.74, 6) is -0.103. The lowest BCUT2D eigenvalue weighted by Crippen LogP contribution is -2.22. The Kier molecular flexibility index (Phi) is 34.7. The first-order valence-corrected chi connectivity index (χ1v) is 4.12. The summed E-state index contributed by atoms with van der Waals surface area (Å²) >= 11 is 0. The van der Waals surface area contributed by atoms with Gasteiger partial charge in [-0.1, -0.05) is 27.7 Å². The highest BCUT2D eigenvalue weighted by Crippen LogP contribution is 1.56. The normalized spacial score (nSPS) is 6.36. The predicted molar refractivity (Wildman–Crippen MR) is 48.5 cm³/mol. The van der Waals surface area contributed by atoms with E-state index < -0.39 is 0 Å². The van der Waals surface area contributed by atoms with E-state index in [4.69, 9.17) is 5.11 Å². The van der Waals surface area contributed by atoms with Gasteiger partial charge in [-0.05, 0) is 0 Å². The smallest absolute Gasteiger partial charge is 0.216 e. The standard InChI is InChI=1S/C4H9NO2.2C2H6/c1-4(7)5-2-3-6;2*1-2/h6H,2-3H2,1H3,(H,5,7);2*1-2H3. The Morgan fingerprint density at radius 2 is 1.64 bits per heavy atom. The number of carbonyl (C=O) groups is 1. The minimum Gasteiger partial charge on any atom is -0.395 e. The van der Waals surface area contributed by atoms with Crippen LogP contribution in [-0.4, -0.2) is 24.2 Å². The molecule has 0 unspecified atom stereocenters. The minimum atomic E-state index is -0.103. The average molecular weight is 163 g/mol. The number of nitrogens with one attached hydrogen (secondary N) is 1. The van der Waals surface area contributed by atoms with Crippen LogP contribution in [0.25, 0.3) is 0 Å². The molecule has 3 nitrogen and oxygen atoms in total. The van der Waals surface area contributed by atoms with Crippen molar-refractivity contribution in [3.8, 4) is 0 Å². The maximum Gasteiger partial charge on any atom is 0.216 e. The van der Waals surface area contributed by atoms with E-state index in [2.05, 4.69) is 5.32 Å². The molecule has 0 aromatic heterocycles. The third-order valence-corrected chi connectivity index (χ3v) is 0.486. The maximum absolute atomic E-state index is 9.98. The van der Waals surface area contributed by atoms with Gasteiger partial charge in [0.1, 0.15) is 0 Å². The number of hydrogen-bond donors (Lipinski definition) is 2. The summed E-state index contributed by atoms with van der Waals surface area (Å²) in [5.41, 5.74) is 0. The van der Waals surface area contributed by atoms with Crippen molar-refractivity contribution in [2.75, 3.05) is 13.2 Å². The van der Waals surface area contributed by atoms with Gasteiger partial charge in [-0.15, -0.1) is 0 Å². The van der Waals surface area contributed by atoms with Crippen LogP contribution in [-0.2, 0) is 4.79 Å². The molecule has 0 aliphatic carbocycles. The van der Waals surface area contributed by atoms with Gasteiger partial charge in [0.25, 0.3) is 0 Å². The summed E-state index contributed by atoms with van der Waals surface area (Å²) in [4.78, 5) is 9.98. The lowest BCUT2D eigenvalue weighted by atomic mass is 10.6. The number of aliphatic hydroxyl groups excluding tert-OH is 1. The summed E-state index contributed by atoms with van der Waals surface area (Å²) in [6.45, 7) is 9.78. The molecule has 0 saturated carbocycles. The van der Waals surface area contributed by atoms with Crippen molar-refractivity contribution < 1.29 is 9.90 Å². The van der Waals surface area contributed by atoms with Gasteiger partial charge in [-0.3, -0.25) is 4.79 Å². The molecule has 0 heterocycles. The van der Waals surface area contributed by atoms with Crippen LogP contribution in [0.3, 0.4) is 0 Å². The molecule has 0 radical (unpaired) electrons. The second kappa shape index (κ2) is 22.7. The van der Waals surface area contributed by atoms with Gasteiger partial charge >= 0.3 is 0 Å². The van der Waals surface area contributed by atoms with E-state index in [1.54, 1.807) is 0 Å². The molecular formula is C8H21NO2. The van der Waals surface area contributed by atoms with Crippen LogP contribution in [0.4, 0.5) is 0 Å². The molecule has 0 saturated heterocycles. The molecular weight excluding hydrogens is 142 g/mol. The van der Waals surface area contributed by atoms with Gasteiger partial charge in [0.2, 0.25) is 5.91 Å². The third-order valence-electron chi connectivity index (χ3n) is 0.486. The van der Waals surface area contributed by atoms with Crippen molar-refractivity contribution in [2.24, 2.45) is 0 Å². The number of rotatable bonds is 2. The van der Waals surface area contributed by atoms with E-state index in [9.17, 15) is 4.79 Å². The van der Waals surface area contributed by atoms with Gasteiger partial charge in [0, 0.05) is 13.5 Å². The molecule has 11 heavy (non-hydrogen) atoms. The molecule has 0 atom stereocenters. The summed E-state index contributed by atoms with van der Waals surface area (Å²) in [6.07, 6.45) is 0. The van der Waals surface area contributed by atoms with Crippen molar-refractivity contribution in [2.45, 2.75) is 34.6 Å². The van der Waals surface area contributed by atoms with Gasteiger partial charge in [-0.2, -0.15) is 0 Å². The summed E-state index contributed by atoms with van der Waals surface area (Å²) in [5, 5.41) is 10.5. The quantitative estimate of drug-likeness (QED) is 0.642. The minimum absolute atomic E-state index is 0.0135. The van der Waals surface area contributed by atoms with Crippen LogP contribution in [0, 0.1) is 0 Å². The number of hydrogen-bond acceptors (Lipinski definition) is 2. The van der Waals surface area contributed by atoms with E-state index in [0.29, 0.717) is 6.54 Å². The zero-order valence-electron chi connectivity index (χ0n) is 8.27. The van der Waals surface area contributed by atoms with Gasteiger partial charge < -0.3 is 10.4 Å². The Labute approximate surface area is 69.8 Å². The monoisotopic (exact) mass is 163 g/mol. The van der Waals surface area contributed by atoms with Gasteiger partial charge in [0.05, 0.1) is 6.61 Å². The zero-order chi connectivity index (χ0) is 9.70. The summed E-state index contributed by atoms with van der Waals surface area (Å²) in [7, 11) is 0. The summed E-state index contributed by atoms with van der Waals surface area (Å²) < 4.78 is 0.